The van der Waals surface area contributed by atoms with Crippen LogP contribution in [0.2, 0.25) is 10.0 Å². The van der Waals surface area contributed by atoms with Crippen LogP contribution in [0, 0.1) is 5.21 Å². The Balaban J connectivity index is 1.63. The summed E-state index contributed by atoms with van der Waals surface area (Å²) in [7, 11) is 0. The van der Waals surface area contributed by atoms with Crippen LogP contribution in [-0.2, 0) is 4.79 Å². The van der Waals surface area contributed by atoms with E-state index in [0.717, 1.165) is 22.9 Å². The van der Waals surface area contributed by atoms with Crippen molar-refractivity contribution in [1.82, 2.24) is 10.2 Å². The molecule has 7 nitrogen and oxygen atoms in total. The molecule has 3 amide bonds. The lowest BCUT2D eigenvalue weighted by Gasteiger charge is -2.12. The highest BCUT2D eigenvalue weighted by atomic mass is 35.5. The number of carbonyl (C=O) groups is 3. The van der Waals surface area contributed by atoms with E-state index in [1.807, 2.05) is 0 Å². The Morgan fingerprint density at radius 3 is 2.79 bits per heavy atom. The molecular weight excluding hydrogens is 425 g/mol. The molecule has 28 heavy (non-hydrogen) atoms. The monoisotopic (exact) mass is 437 g/mol. The van der Waals surface area contributed by atoms with Gasteiger partial charge in [0.1, 0.15) is 5.56 Å². The smallest absolute Gasteiger partial charge is 0.293 e. The summed E-state index contributed by atoms with van der Waals surface area (Å²) < 4.78 is 0.511. The van der Waals surface area contributed by atoms with Gasteiger partial charge in [-0.15, -0.1) is 0 Å². The summed E-state index contributed by atoms with van der Waals surface area (Å²) in [4.78, 5) is 37.9. The van der Waals surface area contributed by atoms with Crippen molar-refractivity contribution in [1.29, 1.82) is 0 Å². The van der Waals surface area contributed by atoms with Gasteiger partial charge in [-0.3, -0.25) is 19.3 Å². The zero-order valence-corrected chi connectivity index (χ0v) is 16.6. The van der Waals surface area contributed by atoms with Gasteiger partial charge < -0.3 is 10.5 Å². The summed E-state index contributed by atoms with van der Waals surface area (Å²) in [6.07, 6.45) is 3.90. The predicted molar refractivity (Wildman–Crippen MR) is 107 cm³/mol. The third kappa shape index (κ3) is 4.46. The highest BCUT2D eigenvalue weighted by Crippen LogP contribution is 2.34. The number of aromatic nitrogens is 1. The van der Waals surface area contributed by atoms with Crippen LogP contribution < -0.4 is 10.0 Å². The van der Waals surface area contributed by atoms with Gasteiger partial charge in [0.25, 0.3) is 17.1 Å². The van der Waals surface area contributed by atoms with Crippen LogP contribution in [0.3, 0.4) is 0 Å². The van der Waals surface area contributed by atoms with Crippen molar-refractivity contribution in [2.45, 2.75) is 0 Å². The number of rotatable bonds is 5. The van der Waals surface area contributed by atoms with Crippen LogP contribution in [0.5, 0.6) is 0 Å². The van der Waals surface area contributed by atoms with Crippen molar-refractivity contribution < 1.29 is 19.1 Å². The molecule has 0 unspecified atom stereocenters. The van der Waals surface area contributed by atoms with E-state index >= 15 is 0 Å². The van der Waals surface area contributed by atoms with E-state index in [4.69, 9.17) is 23.2 Å². The zero-order valence-electron chi connectivity index (χ0n) is 14.2. The molecule has 1 fully saturated rings. The number of carbonyl (C=O) groups excluding carboxylic acids is 3. The first-order valence-electron chi connectivity index (χ1n) is 8.03. The van der Waals surface area contributed by atoms with Crippen molar-refractivity contribution >= 4 is 58.1 Å². The molecule has 1 aliphatic heterocycles. The van der Waals surface area contributed by atoms with E-state index in [1.54, 1.807) is 18.2 Å². The second-order valence-corrected chi connectivity index (χ2v) is 7.46. The molecule has 0 radical (unpaired) electrons. The van der Waals surface area contributed by atoms with Gasteiger partial charge in [-0.25, -0.2) is 0 Å². The number of pyridine rings is 1. The Hall–Kier alpha value is -2.55. The second-order valence-electron chi connectivity index (χ2n) is 5.68. The van der Waals surface area contributed by atoms with Gasteiger partial charge in [0.05, 0.1) is 15.0 Å². The number of nitrogens with zero attached hydrogens (tertiary/aromatic N) is 2. The molecule has 1 aromatic heterocycles. The van der Waals surface area contributed by atoms with E-state index in [9.17, 15) is 19.6 Å². The molecule has 1 saturated heterocycles. The Kier molecular flexibility index (Phi) is 6.23. The lowest BCUT2D eigenvalue weighted by atomic mass is 10.2. The summed E-state index contributed by atoms with van der Waals surface area (Å²) in [6.45, 7) is 0.0526. The number of nitrogens with one attached hydrogen (secondary N) is 1. The molecule has 1 N–H and O–H groups in total. The number of imide groups is 1. The van der Waals surface area contributed by atoms with E-state index in [-0.39, 0.29) is 23.6 Å². The number of hydrogen-bond acceptors (Lipinski definition) is 5. The highest BCUT2D eigenvalue weighted by Gasteiger charge is 2.34. The van der Waals surface area contributed by atoms with Crippen LogP contribution in [0.15, 0.2) is 47.6 Å². The largest absolute Gasteiger partial charge is 0.619 e. The van der Waals surface area contributed by atoms with Crippen molar-refractivity contribution in [3.63, 3.8) is 0 Å². The molecule has 10 heteroatoms. The fraction of sp³-hybridized carbons (Fsp3) is 0.111. The molecule has 2 aromatic rings. The normalized spacial score (nSPS) is 15.4. The van der Waals surface area contributed by atoms with Gasteiger partial charge in [-0.2, -0.15) is 4.73 Å². The van der Waals surface area contributed by atoms with E-state index in [1.165, 1.54) is 24.4 Å². The summed E-state index contributed by atoms with van der Waals surface area (Å²) in [5.74, 6) is -0.948. The van der Waals surface area contributed by atoms with Gasteiger partial charge in [0.2, 0.25) is 0 Å². The van der Waals surface area contributed by atoms with Crippen LogP contribution in [0.4, 0.5) is 4.79 Å². The molecule has 0 atom stereocenters. The molecule has 0 bridgehead atoms. The molecule has 0 spiro atoms. The van der Waals surface area contributed by atoms with Crippen molar-refractivity contribution in [2.75, 3.05) is 13.1 Å². The minimum Gasteiger partial charge on any atom is -0.619 e. The predicted octanol–water partition coefficient (Wildman–Crippen LogP) is 3.09. The standard InChI is InChI=1S/C18H13Cl2N3O4S/c19-13-5-1-3-11(15(13)20)9-14-17(25)23(18(26)28-14)8-6-21-16(24)12-4-2-7-22(27)10-12/h1-5,7,9-10H,6,8H2,(H,21,24)/b14-9-. The van der Waals surface area contributed by atoms with Crippen molar-refractivity contribution in [2.24, 2.45) is 0 Å². The van der Waals surface area contributed by atoms with Crippen LogP contribution in [-0.4, -0.2) is 35.0 Å². The second kappa shape index (κ2) is 8.64. The molecule has 0 saturated carbocycles. The average Bonchev–Trinajstić information content (AvgIpc) is 2.92. The summed E-state index contributed by atoms with van der Waals surface area (Å²) in [5.41, 5.74) is 0.713. The Morgan fingerprint density at radius 2 is 2.04 bits per heavy atom. The molecule has 2 heterocycles. The molecule has 144 valence electrons. The lowest BCUT2D eigenvalue weighted by molar-refractivity contribution is -0.605. The fourth-order valence-corrected chi connectivity index (χ4v) is 3.66. The van der Waals surface area contributed by atoms with E-state index < -0.39 is 17.1 Å². The molecule has 0 aliphatic carbocycles. The first-order chi connectivity index (χ1) is 13.4. The zero-order chi connectivity index (χ0) is 20.3. The van der Waals surface area contributed by atoms with Crippen LogP contribution in [0.25, 0.3) is 6.08 Å². The number of benzene rings is 1. The minimum absolute atomic E-state index is 0.00122. The van der Waals surface area contributed by atoms with Crippen LogP contribution >= 0.6 is 35.0 Å². The maximum atomic E-state index is 12.5. The van der Waals surface area contributed by atoms with E-state index in [0.29, 0.717) is 20.3 Å². The molecule has 1 aliphatic rings. The number of halogens is 2. The maximum Gasteiger partial charge on any atom is 0.293 e. The van der Waals surface area contributed by atoms with Crippen molar-refractivity contribution in [3.8, 4) is 0 Å². The van der Waals surface area contributed by atoms with Gasteiger partial charge in [-0.05, 0) is 35.5 Å². The molecular formula is C18H13Cl2N3O4S. The highest BCUT2D eigenvalue weighted by molar-refractivity contribution is 8.18. The Labute approximate surface area is 174 Å². The first-order valence-corrected chi connectivity index (χ1v) is 9.60. The average molecular weight is 438 g/mol. The topological polar surface area (TPSA) is 93.4 Å². The third-order valence-electron chi connectivity index (χ3n) is 3.80. The molecule has 3 rings (SSSR count). The van der Waals surface area contributed by atoms with Crippen molar-refractivity contribution in [3.05, 3.63) is 74.0 Å². The first kappa shape index (κ1) is 20.2. The number of hydrogen-bond donors (Lipinski definition) is 1. The van der Waals surface area contributed by atoms with Gasteiger partial charge in [-0.1, -0.05) is 35.3 Å². The van der Waals surface area contributed by atoms with Gasteiger partial charge >= 0.3 is 0 Å². The van der Waals surface area contributed by atoms with E-state index in [2.05, 4.69) is 5.32 Å². The minimum atomic E-state index is -0.475. The maximum absolute atomic E-state index is 12.5. The number of amides is 3. The fourth-order valence-electron chi connectivity index (χ4n) is 2.44. The summed E-state index contributed by atoms with van der Waals surface area (Å²) in [5, 5.41) is 14.0. The van der Waals surface area contributed by atoms with Gasteiger partial charge in [0.15, 0.2) is 12.4 Å². The van der Waals surface area contributed by atoms with Crippen LogP contribution in [0.1, 0.15) is 15.9 Å². The van der Waals surface area contributed by atoms with Gasteiger partial charge in [0, 0.05) is 19.2 Å². The summed E-state index contributed by atoms with van der Waals surface area (Å²) >= 11 is 12.9. The molecule has 1 aromatic carbocycles. The summed E-state index contributed by atoms with van der Waals surface area (Å²) in [6, 6.07) is 7.93. The Bertz CT molecular complexity index is 997. The SMILES string of the molecule is O=C(NCCN1C(=O)S/C(=C\c2cccc(Cl)c2Cl)C1=O)c1ccc[n+]([O-])c1. The third-order valence-corrected chi connectivity index (χ3v) is 5.54. The number of thioether (sulfide) groups is 1. The lowest BCUT2D eigenvalue weighted by Crippen LogP contribution is -2.38. The Morgan fingerprint density at radius 1 is 1.25 bits per heavy atom. The quantitative estimate of drug-likeness (QED) is 0.440.